The molecule has 2 rings (SSSR count). The van der Waals surface area contributed by atoms with Crippen LogP contribution in [0.1, 0.15) is 28.3 Å². The molecule has 0 spiro atoms. The van der Waals surface area contributed by atoms with E-state index in [4.69, 9.17) is 10.5 Å². The first kappa shape index (κ1) is 13.6. The van der Waals surface area contributed by atoms with Gasteiger partial charge in [0.15, 0.2) is 0 Å². The van der Waals surface area contributed by atoms with Crippen LogP contribution in [0.5, 0.6) is 5.75 Å². The summed E-state index contributed by atoms with van der Waals surface area (Å²) in [5.74, 6) is 0.546. The normalized spacial score (nSPS) is 12.3. The van der Waals surface area contributed by atoms with Gasteiger partial charge in [0.2, 0.25) is 0 Å². The molecule has 3 heteroatoms. The van der Waals surface area contributed by atoms with Crippen molar-refractivity contribution < 1.29 is 9.13 Å². The summed E-state index contributed by atoms with van der Waals surface area (Å²) in [6.07, 6.45) is 0. The average molecular weight is 259 g/mol. The summed E-state index contributed by atoms with van der Waals surface area (Å²) in [6.45, 7) is 3.91. The summed E-state index contributed by atoms with van der Waals surface area (Å²) in [5, 5.41) is 0. The number of hydrogen-bond donors (Lipinski definition) is 1. The molecule has 0 radical (unpaired) electrons. The van der Waals surface area contributed by atoms with Gasteiger partial charge in [-0.25, -0.2) is 4.39 Å². The first-order chi connectivity index (χ1) is 9.04. The summed E-state index contributed by atoms with van der Waals surface area (Å²) < 4.78 is 19.1. The second kappa shape index (κ2) is 5.41. The molecule has 0 heterocycles. The Balaban J connectivity index is 2.48. The van der Waals surface area contributed by atoms with Crippen LogP contribution in [0.25, 0.3) is 0 Å². The maximum atomic E-state index is 13.8. The Morgan fingerprint density at radius 2 is 1.74 bits per heavy atom. The number of methoxy groups -OCH3 is 1. The summed E-state index contributed by atoms with van der Waals surface area (Å²) in [5.41, 5.74) is 9.62. The predicted molar refractivity (Wildman–Crippen MR) is 74.9 cm³/mol. The van der Waals surface area contributed by atoms with Crippen LogP contribution in [0, 0.1) is 19.7 Å². The van der Waals surface area contributed by atoms with E-state index >= 15 is 0 Å². The molecule has 1 atom stereocenters. The van der Waals surface area contributed by atoms with Gasteiger partial charge in [0.05, 0.1) is 13.2 Å². The first-order valence-corrected chi connectivity index (χ1v) is 6.19. The second-order valence-corrected chi connectivity index (χ2v) is 4.68. The van der Waals surface area contributed by atoms with Gasteiger partial charge >= 0.3 is 0 Å². The zero-order chi connectivity index (χ0) is 14.0. The zero-order valence-corrected chi connectivity index (χ0v) is 11.4. The number of rotatable bonds is 3. The standard InChI is InChI=1S/C16H18FNO/c1-10-9-15(19-3)11(2)8-13(10)16(18)12-6-4-5-7-14(12)17/h4-9,16H,18H2,1-3H3. The lowest BCUT2D eigenvalue weighted by molar-refractivity contribution is 0.411. The fraction of sp³-hybridized carbons (Fsp3) is 0.250. The molecule has 0 aliphatic heterocycles. The maximum Gasteiger partial charge on any atom is 0.128 e. The molecule has 0 saturated carbocycles. The Bertz CT molecular complexity index is 595. The van der Waals surface area contributed by atoms with Crippen LogP contribution < -0.4 is 10.5 Å². The van der Waals surface area contributed by atoms with Crippen LogP contribution >= 0.6 is 0 Å². The van der Waals surface area contributed by atoms with E-state index < -0.39 is 6.04 Å². The molecule has 2 nitrogen and oxygen atoms in total. The summed E-state index contributed by atoms with van der Waals surface area (Å²) in [4.78, 5) is 0. The van der Waals surface area contributed by atoms with Crippen molar-refractivity contribution in [2.24, 2.45) is 5.73 Å². The van der Waals surface area contributed by atoms with Crippen LogP contribution in [0.4, 0.5) is 4.39 Å². The average Bonchev–Trinajstić information content (AvgIpc) is 2.40. The fourth-order valence-electron chi connectivity index (χ4n) is 2.26. The molecule has 1 unspecified atom stereocenters. The Morgan fingerprint density at radius 1 is 1.05 bits per heavy atom. The number of hydrogen-bond acceptors (Lipinski definition) is 2. The van der Waals surface area contributed by atoms with Crippen LogP contribution in [0.3, 0.4) is 0 Å². The molecule has 100 valence electrons. The molecule has 0 aliphatic rings. The van der Waals surface area contributed by atoms with Crippen molar-refractivity contribution in [1.29, 1.82) is 0 Å². The molecule has 0 amide bonds. The molecule has 0 aromatic heterocycles. The monoisotopic (exact) mass is 259 g/mol. The Kier molecular flexibility index (Phi) is 3.86. The van der Waals surface area contributed by atoms with E-state index in [1.807, 2.05) is 26.0 Å². The number of aryl methyl sites for hydroxylation is 2. The quantitative estimate of drug-likeness (QED) is 0.915. The lowest BCUT2D eigenvalue weighted by atomic mass is 9.93. The highest BCUT2D eigenvalue weighted by molar-refractivity contribution is 5.45. The molecule has 0 saturated heterocycles. The van der Waals surface area contributed by atoms with E-state index in [2.05, 4.69) is 0 Å². The van der Waals surface area contributed by atoms with E-state index in [9.17, 15) is 4.39 Å². The highest BCUT2D eigenvalue weighted by Crippen LogP contribution is 2.29. The van der Waals surface area contributed by atoms with Crippen molar-refractivity contribution in [3.63, 3.8) is 0 Å². The van der Waals surface area contributed by atoms with Gasteiger partial charge in [0.1, 0.15) is 11.6 Å². The van der Waals surface area contributed by atoms with Crippen molar-refractivity contribution in [2.45, 2.75) is 19.9 Å². The third kappa shape index (κ3) is 2.61. The lowest BCUT2D eigenvalue weighted by Gasteiger charge is -2.18. The van der Waals surface area contributed by atoms with Crippen LogP contribution in [-0.2, 0) is 0 Å². The van der Waals surface area contributed by atoms with Gasteiger partial charge in [0.25, 0.3) is 0 Å². The van der Waals surface area contributed by atoms with Gasteiger partial charge in [-0.2, -0.15) is 0 Å². The minimum absolute atomic E-state index is 0.275. The van der Waals surface area contributed by atoms with Crippen LogP contribution in [0.2, 0.25) is 0 Å². The van der Waals surface area contributed by atoms with E-state index in [1.165, 1.54) is 6.07 Å². The van der Waals surface area contributed by atoms with Crippen LogP contribution in [-0.4, -0.2) is 7.11 Å². The van der Waals surface area contributed by atoms with Gasteiger partial charge in [-0.15, -0.1) is 0 Å². The smallest absolute Gasteiger partial charge is 0.128 e. The molecule has 0 bridgehead atoms. The summed E-state index contributed by atoms with van der Waals surface area (Å²) >= 11 is 0. The molecule has 19 heavy (non-hydrogen) atoms. The topological polar surface area (TPSA) is 35.2 Å². The Hall–Kier alpha value is -1.87. The lowest BCUT2D eigenvalue weighted by Crippen LogP contribution is -2.15. The first-order valence-electron chi connectivity index (χ1n) is 6.19. The number of benzene rings is 2. The molecule has 0 aliphatic carbocycles. The number of ether oxygens (including phenoxy) is 1. The second-order valence-electron chi connectivity index (χ2n) is 4.68. The van der Waals surface area contributed by atoms with Crippen molar-refractivity contribution in [2.75, 3.05) is 7.11 Å². The van der Waals surface area contributed by atoms with E-state index in [-0.39, 0.29) is 5.82 Å². The van der Waals surface area contributed by atoms with Gasteiger partial charge in [-0.1, -0.05) is 24.3 Å². The van der Waals surface area contributed by atoms with Crippen molar-refractivity contribution in [3.05, 3.63) is 64.5 Å². The molecular formula is C16H18FNO. The number of halogens is 1. The fourth-order valence-corrected chi connectivity index (χ4v) is 2.26. The molecule has 0 fully saturated rings. The largest absolute Gasteiger partial charge is 0.496 e. The van der Waals surface area contributed by atoms with Crippen molar-refractivity contribution >= 4 is 0 Å². The number of nitrogens with two attached hydrogens (primary N) is 1. The predicted octanol–water partition coefficient (Wildman–Crippen LogP) is 3.50. The molecule has 2 aromatic carbocycles. The van der Waals surface area contributed by atoms with Crippen molar-refractivity contribution in [3.8, 4) is 5.75 Å². The Labute approximate surface area is 113 Å². The van der Waals surface area contributed by atoms with Gasteiger partial charge in [0, 0.05) is 5.56 Å². The highest BCUT2D eigenvalue weighted by Gasteiger charge is 2.16. The minimum atomic E-state index is -0.467. The third-order valence-corrected chi connectivity index (χ3v) is 3.36. The van der Waals surface area contributed by atoms with E-state index in [0.717, 1.165) is 22.4 Å². The molecular weight excluding hydrogens is 241 g/mol. The van der Waals surface area contributed by atoms with Gasteiger partial charge in [-0.3, -0.25) is 0 Å². The van der Waals surface area contributed by atoms with Gasteiger partial charge < -0.3 is 10.5 Å². The molecule has 2 N–H and O–H groups in total. The minimum Gasteiger partial charge on any atom is -0.496 e. The Morgan fingerprint density at radius 3 is 2.37 bits per heavy atom. The summed E-state index contributed by atoms with van der Waals surface area (Å²) in [6, 6.07) is 10.0. The summed E-state index contributed by atoms with van der Waals surface area (Å²) in [7, 11) is 1.64. The SMILES string of the molecule is COc1cc(C)c(C(N)c2ccccc2F)cc1C. The maximum absolute atomic E-state index is 13.8. The van der Waals surface area contributed by atoms with E-state index in [0.29, 0.717) is 5.56 Å². The molecule has 2 aromatic rings. The third-order valence-electron chi connectivity index (χ3n) is 3.36. The highest BCUT2D eigenvalue weighted by atomic mass is 19.1. The zero-order valence-electron chi connectivity index (χ0n) is 11.4. The van der Waals surface area contributed by atoms with Crippen molar-refractivity contribution in [1.82, 2.24) is 0 Å². The van der Waals surface area contributed by atoms with Crippen LogP contribution in [0.15, 0.2) is 36.4 Å². The van der Waals surface area contributed by atoms with Gasteiger partial charge in [-0.05, 0) is 42.7 Å². The van der Waals surface area contributed by atoms with E-state index in [1.54, 1.807) is 25.3 Å².